The van der Waals surface area contributed by atoms with Gasteiger partial charge >= 0.3 is 7.12 Å². The lowest BCUT2D eigenvalue weighted by Gasteiger charge is -2.32. The first-order valence-corrected chi connectivity index (χ1v) is 9.39. The average molecular weight is 381 g/mol. The molecule has 1 saturated heterocycles. The fourth-order valence-electron chi connectivity index (χ4n) is 2.24. The molecular formula is C20H33BFNO4. The summed E-state index contributed by atoms with van der Waals surface area (Å²) in [6, 6.07) is 0. The molecule has 0 radical (unpaired) electrons. The summed E-state index contributed by atoms with van der Waals surface area (Å²) in [4.78, 5) is 14.0. The van der Waals surface area contributed by atoms with E-state index in [4.69, 9.17) is 9.31 Å². The Hall–Kier alpha value is -1.73. The van der Waals surface area contributed by atoms with E-state index in [9.17, 15) is 9.30 Å². The molecule has 0 atom stereocenters. The monoisotopic (exact) mass is 381 g/mol. The van der Waals surface area contributed by atoms with E-state index in [1.54, 1.807) is 18.2 Å². The van der Waals surface area contributed by atoms with Crippen molar-refractivity contribution in [1.29, 1.82) is 0 Å². The van der Waals surface area contributed by atoms with Crippen molar-refractivity contribution in [2.75, 3.05) is 0 Å². The molecule has 5 nitrogen and oxygen atoms in total. The van der Waals surface area contributed by atoms with Gasteiger partial charge in [0.2, 0.25) is 0 Å². The van der Waals surface area contributed by atoms with E-state index in [0.29, 0.717) is 12.8 Å². The second kappa shape index (κ2) is 11.9. The molecule has 0 aromatic heterocycles. The maximum atomic E-state index is 12.8. The van der Waals surface area contributed by atoms with E-state index in [1.165, 1.54) is 6.08 Å². The Morgan fingerprint density at radius 3 is 2.30 bits per heavy atom. The van der Waals surface area contributed by atoms with Gasteiger partial charge < -0.3 is 14.1 Å². The molecule has 0 spiro atoms. The van der Waals surface area contributed by atoms with Crippen LogP contribution in [0, 0.1) is 4.91 Å². The molecule has 27 heavy (non-hydrogen) atoms. The van der Waals surface area contributed by atoms with Gasteiger partial charge in [0.05, 0.1) is 11.2 Å². The van der Waals surface area contributed by atoms with Gasteiger partial charge in [0.15, 0.2) is 11.1 Å². The first-order valence-electron chi connectivity index (χ1n) is 9.39. The molecule has 0 saturated carbocycles. The molecule has 0 amide bonds. The standard InChI is InChI=1S/C10H10FNO2.C8H17BO2.C2H6/c1-8(14-12-13)7-9-3-2-4-10(11)6-5-9;1-6-9-10-7(2,3)8(4,5)11-9;1-2/h2-4,7H,1,5-6H2;6H2,1-5H3;1-2H3/b9-7-;;. The van der Waals surface area contributed by atoms with E-state index in [1.807, 2.05) is 13.8 Å². The summed E-state index contributed by atoms with van der Waals surface area (Å²) in [6.07, 6.45) is 8.14. The molecule has 7 heteroatoms. The van der Waals surface area contributed by atoms with Gasteiger partial charge in [-0.25, -0.2) is 4.39 Å². The fraction of sp³-hybridized carbons (Fsp3) is 0.600. The van der Waals surface area contributed by atoms with Gasteiger partial charge in [-0.1, -0.05) is 39.5 Å². The Labute approximate surface area is 163 Å². The van der Waals surface area contributed by atoms with Crippen molar-refractivity contribution in [3.63, 3.8) is 0 Å². The van der Waals surface area contributed by atoms with Crippen molar-refractivity contribution in [2.24, 2.45) is 5.34 Å². The molecule has 1 heterocycles. The van der Waals surface area contributed by atoms with E-state index in [2.05, 4.69) is 51.4 Å². The van der Waals surface area contributed by atoms with Crippen molar-refractivity contribution < 1.29 is 18.5 Å². The molecule has 1 fully saturated rings. The van der Waals surface area contributed by atoms with Crippen molar-refractivity contribution in [1.82, 2.24) is 0 Å². The Balaban J connectivity index is 0.000000469. The lowest BCUT2D eigenvalue weighted by atomic mass is 9.87. The summed E-state index contributed by atoms with van der Waals surface area (Å²) in [5.41, 5.74) is 0.531. The normalized spacial score (nSPS) is 21.1. The van der Waals surface area contributed by atoms with Crippen molar-refractivity contribution in [3.05, 3.63) is 52.9 Å². The molecule has 0 bridgehead atoms. The molecule has 1 aliphatic carbocycles. The van der Waals surface area contributed by atoms with Crippen LogP contribution in [0.25, 0.3) is 0 Å². The fourth-order valence-corrected chi connectivity index (χ4v) is 2.24. The van der Waals surface area contributed by atoms with Gasteiger partial charge in [0, 0.05) is 6.42 Å². The number of rotatable bonds is 4. The summed E-state index contributed by atoms with van der Waals surface area (Å²) in [5.74, 6) is -0.00773. The second-order valence-electron chi connectivity index (χ2n) is 6.92. The van der Waals surface area contributed by atoms with Gasteiger partial charge in [0.1, 0.15) is 5.83 Å². The van der Waals surface area contributed by atoms with Crippen LogP contribution >= 0.6 is 0 Å². The molecule has 0 N–H and O–H groups in total. The van der Waals surface area contributed by atoms with E-state index in [-0.39, 0.29) is 29.9 Å². The number of allylic oxidation sites excluding steroid dienone is 6. The van der Waals surface area contributed by atoms with Crippen LogP contribution in [0.1, 0.15) is 61.3 Å². The molecule has 152 valence electrons. The number of hydrogen-bond acceptors (Lipinski definition) is 5. The topological polar surface area (TPSA) is 57.1 Å². The van der Waals surface area contributed by atoms with Crippen molar-refractivity contribution >= 4 is 7.12 Å². The van der Waals surface area contributed by atoms with Crippen LogP contribution in [0.5, 0.6) is 0 Å². The summed E-state index contributed by atoms with van der Waals surface area (Å²) < 4.78 is 24.1. The number of nitrogens with zero attached hydrogens (tertiary/aromatic N) is 1. The molecule has 0 unspecified atom stereocenters. The number of hydrogen-bond donors (Lipinski definition) is 0. The third-order valence-corrected chi connectivity index (χ3v) is 4.38. The van der Waals surface area contributed by atoms with Crippen LogP contribution in [-0.2, 0) is 14.1 Å². The SMILES string of the molecule is C=C(/C=C1/C=CC=C(F)CC1)ON=O.CC.CCB1OC(C)(C)C(C)(C)O1. The van der Waals surface area contributed by atoms with Gasteiger partial charge in [-0.05, 0) is 58.2 Å². The van der Waals surface area contributed by atoms with Crippen LogP contribution in [0.3, 0.4) is 0 Å². The highest BCUT2D eigenvalue weighted by Gasteiger charge is 2.49. The predicted octanol–water partition coefficient (Wildman–Crippen LogP) is 6.45. The zero-order chi connectivity index (χ0) is 21.1. The molecule has 0 aromatic carbocycles. The Bertz CT molecular complexity index is 567. The Morgan fingerprint density at radius 2 is 1.85 bits per heavy atom. The lowest BCUT2D eigenvalue weighted by Crippen LogP contribution is -2.41. The van der Waals surface area contributed by atoms with Crippen LogP contribution in [0.2, 0.25) is 6.32 Å². The zero-order valence-corrected chi connectivity index (χ0v) is 17.7. The van der Waals surface area contributed by atoms with E-state index in [0.717, 1.165) is 11.9 Å². The maximum Gasteiger partial charge on any atom is 0.457 e. The highest BCUT2D eigenvalue weighted by atomic mass is 19.1. The third kappa shape index (κ3) is 8.67. The highest BCUT2D eigenvalue weighted by molar-refractivity contribution is 6.45. The summed E-state index contributed by atoms with van der Waals surface area (Å²) in [6.45, 7) is 17.8. The largest absolute Gasteiger partial charge is 0.457 e. The minimum absolute atomic E-state index is 0.0139. The van der Waals surface area contributed by atoms with Crippen LogP contribution in [0.15, 0.2) is 53.4 Å². The first-order chi connectivity index (χ1) is 12.6. The van der Waals surface area contributed by atoms with Gasteiger partial charge in [-0.15, -0.1) is 4.91 Å². The van der Waals surface area contributed by atoms with Gasteiger partial charge in [-0.2, -0.15) is 0 Å². The minimum atomic E-state index is -0.162. The van der Waals surface area contributed by atoms with E-state index >= 15 is 0 Å². The molecule has 1 aliphatic heterocycles. The second-order valence-corrected chi connectivity index (χ2v) is 6.92. The van der Waals surface area contributed by atoms with Crippen LogP contribution in [-0.4, -0.2) is 18.3 Å². The highest BCUT2D eigenvalue weighted by Crippen LogP contribution is 2.37. The quantitative estimate of drug-likeness (QED) is 0.243. The number of halogens is 1. The van der Waals surface area contributed by atoms with E-state index < -0.39 is 0 Å². The molecule has 0 aromatic rings. The summed E-state index contributed by atoms with van der Waals surface area (Å²) in [7, 11) is -0.0139. The zero-order valence-electron chi connectivity index (χ0n) is 17.7. The average Bonchev–Trinajstić information content (AvgIpc) is 2.72. The van der Waals surface area contributed by atoms with Crippen molar-refractivity contribution in [2.45, 2.75) is 78.8 Å². The Kier molecular flexibility index (Phi) is 11.1. The maximum absolute atomic E-state index is 12.8. The Morgan fingerprint density at radius 1 is 1.30 bits per heavy atom. The predicted molar refractivity (Wildman–Crippen MR) is 110 cm³/mol. The molecule has 2 rings (SSSR count). The third-order valence-electron chi connectivity index (χ3n) is 4.38. The summed E-state index contributed by atoms with van der Waals surface area (Å²) >= 11 is 0. The molecular weight excluding hydrogens is 348 g/mol. The van der Waals surface area contributed by atoms with Crippen molar-refractivity contribution in [3.8, 4) is 0 Å². The van der Waals surface area contributed by atoms with Crippen LogP contribution in [0.4, 0.5) is 4.39 Å². The van der Waals surface area contributed by atoms with Gasteiger partial charge in [-0.3, -0.25) is 0 Å². The summed E-state index contributed by atoms with van der Waals surface area (Å²) in [5, 5.41) is 2.23. The van der Waals surface area contributed by atoms with Crippen LogP contribution < -0.4 is 0 Å². The van der Waals surface area contributed by atoms with Gasteiger partial charge in [0.25, 0.3) is 0 Å². The molecule has 2 aliphatic rings. The minimum Gasteiger partial charge on any atom is -0.403 e. The smallest absolute Gasteiger partial charge is 0.403 e. The first kappa shape index (κ1) is 25.3. The lowest BCUT2D eigenvalue weighted by molar-refractivity contribution is 0.00578.